The molecule has 172 valence electrons. The van der Waals surface area contributed by atoms with Gasteiger partial charge in [-0.15, -0.1) is 0 Å². The van der Waals surface area contributed by atoms with Crippen LogP contribution in [0.4, 0.5) is 0 Å². The molecule has 0 aromatic carbocycles. The summed E-state index contributed by atoms with van der Waals surface area (Å²) in [5.41, 5.74) is 3.92. The molecule has 0 radical (unpaired) electrons. The number of carbonyl (C=O) groups is 1. The molecule has 2 N–H and O–H groups in total. The first kappa shape index (κ1) is 21.6. The summed E-state index contributed by atoms with van der Waals surface area (Å²) < 4.78 is 5.99. The number of likely N-dealkylation sites (tertiary alicyclic amines) is 1. The van der Waals surface area contributed by atoms with E-state index < -0.39 is 0 Å². The highest BCUT2D eigenvalue weighted by atomic mass is 16.5. The van der Waals surface area contributed by atoms with Crippen molar-refractivity contribution in [2.75, 3.05) is 13.1 Å². The van der Waals surface area contributed by atoms with E-state index in [0.29, 0.717) is 22.4 Å². The highest BCUT2D eigenvalue weighted by Gasteiger charge is 2.37. The highest BCUT2D eigenvalue weighted by molar-refractivity contribution is 5.92. The van der Waals surface area contributed by atoms with Gasteiger partial charge in [0.05, 0.1) is 17.2 Å². The monoisotopic (exact) mass is 447 g/mol. The molecule has 3 aromatic rings. The zero-order valence-electron chi connectivity index (χ0n) is 19.2. The number of amides is 1. The molecule has 1 saturated carbocycles. The summed E-state index contributed by atoms with van der Waals surface area (Å²) in [6, 6.07) is 7.56. The van der Waals surface area contributed by atoms with E-state index in [0.717, 1.165) is 49.1 Å². The Hall–Kier alpha value is -3.26. The Morgan fingerprint density at radius 2 is 2.00 bits per heavy atom. The number of hydrogen-bond acceptors (Lipinski definition) is 6. The lowest BCUT2D eigenvalue weighted by molar-refractivity contribution is 0.0143. The summed E-state index contributed by atoms with van der Waals surface area (Å²) in [6.45, 7) is 8.53. The van der Waals surface area contributed by atoms with Gasteiger partial charge in [0.2, 0.25) is 0 Å². The van der Waals surface area contributed by atoms with Crippen molar-refractivity contribution in [1.29, 1.82) is 0 Å². The number of nitrogens with one attached hydrogen (secondary N) is 2. The van der Waals surface area contributed by atoms with Crippen LogP contribution in [0.1, 0.15) is 48.3 Å². The van der Waals surface area contributed by atoms with Crippen molar-refractivity contribution in [3.05, 3.63) is 63.8 Å². The minimum Gasteiger partial charge on any atom is -0.486 e. The first-order valence-electron chi connectivity index (χ1n) is 11.4. The molecule has 1 saturated heterocycles. The molecule has 3 aromatic heterocycles. The minimum atomic E-state index is -0.127. The lowest BCUT2D eigenvalue weighted by Crippen LogP contribution is -2.53. The van der Waals surface area contributed by atoms with Gasteiger partial charge in [-0.2, -0.15) is 0 Å². The molecule has 5 rings (SSSR count). The molecule has 0 spiro atoms. The third-order valence-electron chi connectivity index (χ3n) is 6.47. The van der Waals surface area contributed by atoms with E-state index in [2.05, 4.69) is 39.0 Å². The summed E-state index contributed by atoms with van der Waals surface area (Å²) in [6.07, 6.45) is 5.57. The van der Waals surface area contributed by atoms with Crippen LogP contribution in [-0.4, -0.2) is 51.0 Å². The SMILES string of the molecule is Cc1cc2ncc(CN3CC(Oc4ccc(C(=O)NC5CC(C)(C)C5)nc4)C3)cc2[nH]c1=O. The molecule has 8 nitrogen and oxygen atoms in total. The summed E-state index contributed by atoms with van der Waals surface area (Å²) in [5.74, 6) is 0.540. The van der Waals surface area contributed by atoms with E-state index in [4.69, 9.17) is 4.74 Å². The average Bonchev–Trinajstić information content (AvgIpc) is 2.72. The van der Waals surface area contributed by atoms with Crippen molar-refractivity contribution in [1.82, 2.24) is 25.2 Å². The molecule has 0 unspecified atom stereocenters. The number of rotatable bonds is 6. The molecule has 1 aliphatic carbocycles. The van der Waals surface area contributed by atoms with Crippen LogP contribution in [-0.2, 0) is 6.54 Å². The molecule has 2 aliphatic rings. The molecule has 8 heteroatoms. The Labute approximate surface area is 192 Å². The van der Waals surface area contributed by atoms with Crippen LogP contribution >= 0.6 is 0 Å². The largest absolute Gasteiger partial charge is 0.486 e. The van der Waals surface area contributed by atoms with E-state index in [1.54, 1.807) is 25.3 Å². The van der Waals surface area contributed by atoms with E-state index in [1.807, 2.05) is 18.3 Å². The van der Waals surface area contributed by atoms with Crippen LogP contribution in [0.5, 0.6) is 5.75 Å². The van der Waals surface area contributed by atoms with E-state index in [9.17, 15) is 9.59 Å². The zero-order chi connectivity index (χ0) is 23.2. The lowest BCUT2D eigenvalue weighted by atomic mass is 9.68. The number of aromatic amines is 1. The quantitative estimate of drug-likeness (QED) is 0.603. The molecule has 1 amide bonds. The zero-order valence-corrected chi connectivity index (χ0v) is 19.2. The average molecular weight is 448 g/mol. The fraction of sp³-hybridized carbons (Fsp3) is 0.440. The number of carbonyl (C=O) groups excluding carboxylic acids is 1. The topological polar surface area (TPSA) is 100 Å². The molecule has 33 heavy (non-hydrogen) atoms. The van der Waals surface area contributed by atoms with E-state index >= 15 is 0 Å². The third kappa shape index (κ3) is 4.75. The Balaban J connectivity index is 1.10. The predicted octanol–water partition coefficient (Wildman–Crippen LogP) is 2.81. The highest BCUT2D eigenvalue weighted by Crippen LogP contribution is 2.39. The van der Waals surface area contributed by atoms with Crippen LogP contribution in [0.15, 0.2) is 41.5 Å². The number of fused-ring (bicyclic) bond motifs is 1. The van der Waals surface area contributed by atoms with Crippen LogP contribution in [0, 0.1) is 12.3 Å². The number of hydrogen-bond donors (Lipinski definition) is 2. The summed E-state index contributed by atoms with van der Waals surface area (Å²) >= 11 is 0. The predicted molar refractivity (Wildman–Crippen MR) is 125 cm³/mol. The van der Waals surface area contributed by atoms with Gasteiger partial charge in [0.1, 0.15) is 17.5 Å². The summed E-state index contributed by atoms with van der Waals surface area (Å²) in [4.78, 5) is 38.1. The van der Waals surface area contributed by atoms with Crippen LogP contribution in [0.3, 0.4) is 0 Å². The van der Waals surface area contributed by atoms with Crippen LogP contribution in [0.25, 0.3) is 11.0 Å². The Kier molecular flexibility index (Phi) is 5.40. The van der Waals surface area contributed by atoms with Gasteiger partial charge in [-0.1, -0.05) is 13.8 Å². The van der Waals surface area contributed by atoms with Gasteiger partial charge in [0.25, 0.3) is 11.5 Å². The maximum absolute atomic E-state index is 12.3. The fourth-order valence-electron chi connectivity index (χ4n) is 4.71. The van der Waals surface area contributed by atoms with Crippen LogP contribution in [0.2, 0.25) is 0 Å². The normalized spacial score (nSPS) is 18.5. The second-order valence-electron chi connectivity index (χ2n) is 10.1. The van der Waals surface area contributed by atoms with Crippen molar-refractivity contribution >= 4 is 16.9 Å². The van der Waals surface area contributed by atoms with E-state index in [1.165, 1.54) is 0 Å². The van der Waals surface area contributed by atoms with E-state index in [-0.39, 0.29) is 23.6 Å². The van der Waals surface area contributed by atoms with Gasteiger partial charge >= 0.3 is 0 Å². The Morgan fingerprint density at radius 3 is 2.70 bits per heavy atom. The van der Waals surface area contributed by atoms with Crippen molar-refractivity contribution < 1.29 is 9.53 Å². The summed E-state index contributed by atoms with van der Waals surface area (Å²) in [7, 11) is 0. The van der Waals surface area contributed by atoms with Gasteiger partial charge in [-0.25, -0.2) is 4.98 Å². The van der Waals surface area contributed by atoms with Gasteiger partial charge in [-0.05, 0) is 55.0 Å². The lowest BCUT2D eigenvalue weighted by Gasteiger charge is -2.42. The van der Waals surface area contributed by atoms with Crippen molar-refractivity contribution in [3.63, 3.8) is 0 Å². The number of ether oxygens (including phenoxy) is 1. The molecule has 2 fully saturated rings. The number of pyridine rings is 3. The third-order valence-corrected chi connectivity index (χ3v) is 6.47. The Morgan fingerprint density at radius 1 is 1.21 bits per heavy atom. The van der Waals surface area contributed by atoms with Crippen molar-refractivity contribution in [2.45, 2.75) is 52.3 Å². The number of aromatic nitrogens is 3. The van der Waals surface area contributed by atoms with Gasteiger partial charge < -0.3 is 15.0 Å². The second-order valence-corrected chi connectivity index (χ2v) is 10.1. The minimum absolute atomic E-state index is 0.0806. The van der Waals surface area contributed by atoms with Crippen molar-refractivity contribution in [3.8, 4) is 5.75 Å². The molecule has 0 atom stereocenters. The first-order valence-corrected chi connectivity index (χ1v) is 11.4. The number of aryl methyl sites for hydroxylation is 1. The maximum atomic E-state index is 12.3. The van der Waals surface area contributed by atoms with Crippen molar-refractivity contribution in [2.24, 2.45) is 5.41 Å². The molecule has 4 heterocycles. The maximum Gasteiger partial charge on any atom is 0.270 e. The van der Waals surface area contributed by atoms with Gasteiger partial charge in [-0.3, -0.25) is 19.5 Å². The van der Waals surface area contributed by atoms with Gasteiger partial charge in [0.15, 0.2) is 0 Å². The number of H-pyrrole nitrogens is 1. The molecular formula is C25H29N5O3. The standard InChI is InChI=1S/C25H29N5O3/c1-15-6-21-22(29-23(15)31)7-16(10-26-21)12-30-13-19(14-30)33-18-4-5-20(27-11-18)24(32)28-17-8-25(2,3)9-17/h4-7,10-11,17,19H,8-9,12-14H2,1-3H3,(H,28,32)(H,29,31). The first-order chi connectivity index (χ1) is 15.7. The van der Waals surface area contributed by atoms with Crippen LogP contribution < -0.4 is 15.6 Å². The molecule has 1 aliphatic heterocycles. The molecular weight excluding hydrogens is 418 g/mol. The second kappa shape index (κ2) is 8.26. The fourth-order valence-corrected chi connectivity index (χ4v) is 4.71. The molecule has 0 bridgehead atoms. The smallest absolute Gasteiger partial charge is 0.270 e. The van der Waals surface area contributed by atoms with Gasteiger partial charge in [0, 0.05) is 37.4 Å². The number of nitrogens with zero attached hydrogens (tertiary/aromatic N) is 3. The summed E-state index contributed by atoms with van der Waals surface area (Å²) in [5, 5.41) is 3.04. The Bertz CT molecular complexity index is 1240.